The number of ether oxygens (including phenoxy) is 1. The van der Waals surface area contributed by atoms with Gasteiger partial charge in [0, 0.05) is 35.8 Å². The monoisotopic (exact) mass is 403 g/mol. The van der Waals surface area contributed by atoms with Crippen LogP contribution in [-0.4, -0.2) is 46.6 Å². The van der Waals surface area contributed by atoms with Crippen LogP contribution in [0, 0.1) is 13.8 Å². The van der Waals surface area contributed by atoms with Crippen LogP contribution in [0.1, 0.15) is 35.7 Å². The van der Waals surface area contributed by atoms with Crippen LogP contribution in [0.3, 0.4) is 0 Å². The normalized spacial score (nSPS) is 15.2. The van der Waals surface area contributed by atoms with Gasteiger partial charge in [0.2, 0.25) is 0 Å². The van der Waals surface area contributed by atoms with Crippen molar-refractivity contribution in [1.29, 1.82) is 0 Å². The van der Waals surface area contributed by atoms with Crippen molar-refractivity contribution in [3.63, 3.8) is 0 Å². The number of nitrogens with one attached hydrogen (secondary N) is 1. The maximum Gasteiger partial charge on any atom is 0.163 e. The Kier molecular flexibility index (Phi) is 6.23. The topological polar surface area (TPSA) is 63.2 Å². The van der Waals surface area contributed by atoms with Crippen molar-refractivity contribution in [3.8, 4) is 17.1 Å². The lowest BCUT2D eigenvalue weighted by Crippen LogP contribution is -2.31. The molecule has 0 bridgehead atoms. The highest BCUT2D eigenvalue weighted by Crippen LogP contribution is 2.28. The van der Waals surface area contributed by atoms with Gasteiger partial charge in [-0.05, 0) is 69.6 Å². The molecule has 1 fully saturated rings. The van der Waals surface area contributed by atoms with Gasteiger partial charge < -0.3 is 10.1 Å². The molecule has 0 aliphatic carbocycles. The van der Waals surface area contributed by atoms with E-state index in [-0.39, 0.29) is 6.04 Å². The quantitative estimate of drug-likeness (QED) is 0.630. The Morgan fingerprint density at radius 2 is 1.83 bits per heavy atom. The Bertz CT molecular complexity index is 969. The Morgan fingerprint density at radius 1 is 1.07 bits per heavy atom. The Labute approximate surface area is 178 Å². The van der Waals surface area contributed by atoms with Crippen LogP contribution in [0.25, 0.3) is 11.4 Å². The third kappa shape index (κ3) is 4.44. The molecular weight excluding hydrogens is 374 g/mol. The molecule has 30 heavy (non-hydrogen) atoms. The third-order valence-corrected chi connectivity index (χ3v) is 5.85. The first-order valence-electron chi connectivity index (χ1n) is 10.5. The summed E-state index contributed by atoms with van der Waals surface area (Å²) in [5.41, 5.74) is 4.28. The zero-order valence-corrected chi connectivity index (χ0v) is 17.9. The number of nitrogens with zero attached hydrogens (tertiary/aromatic N) is 4. The minimum Gasteiger partial charge on any atom is -0.497 e. The van der Waals surface area contributed by atoms with Gasteiger partial charge in [0.15, 0.2) is 5.82 Å². The molecule has 0 radical (unpaired) electrons. The molecule has 0 saturated carbocycles. The molecule has 3 heterocycles. The molecule has 1 aliphatic rings. The number of aromatic nitrogens is 3. The summed E-state index contributed by atoms with van der Waals surface area (Å²) in [4.78, 5) is 16.3. The van der Waals surface area contributed by atoms with E-state index in [0.717, 1.165) is 48.0 Å². The largest absolute Gasteiger partial charge is 0.497 e. The van der Waals surface area contributed by atoms with E-state index in [9.17, 15) is 0 Å². The van der Waals surface area contributed by atoms with E-state index in [1.54, 1.807) is 19.5 Å². The second-order valence-corrected chi connectivity index (χ2v) is 7.76. The predicted octanol–water partition coefficient (Wildman–Crippen LogP) is 4.41. The predicted molar refractivity (Wildman–Crippen MR) is 120 cm³/mol. The van der Waals surface area contributed by atoms with Crippen molar-refractivity contribution in [2.45, 2.75) is 32.7 Å². The molecule has 1 saturated heterocycles. The number of rotatable bonds is 7. The van der Waals surface area contributed by atoms with E-state index in [4.69, 9.17) is 9.72 Å². The fourth-order valence-corrected chi connectivity index (χ4v) is 3.96. The first kappa shape index (κ1) is 20.3. The average Bonchev–Trinajstić information content (AvgIpc) is 3.32. The SMILES string of the molecule is COc1ccc(C(CNc2nc(-c3cccnc3)nc(C)c2C)N2CCCC2)cc1. The summed E-state index contributed by atoms with van der Waals surface area (Å²) < 4.78 is 5.34. The van der Waals surface area contributed by atoms with Crippen molar-refractivity contribution >= 4 is 5.82 Å². The molecule has 6 nitrogen and oxygen atoms in total. The second kappa shape index (κ2) is 9.22. The molecule has 0 amide bonds. The lowest BCUT2D eigenvalue weighted by Gasteiger charge is -2.29. The molecule has 4 rings (SSSR count). The van der Waals surface area contributed by atoms with Crippen LogP contribution < -0.4 is 10.1 Å². The first-order chi connectivity index (χ1) is 14.7. The Balaban J connectivity index is 1.59. The minimum atomic E-state index is 0.287. The molecule has 156 valence electrons. The molecule has 2 aromatic heterocycles. The van der Waals surface area contributed by atoms with E-state index in [0.29, 0.717) is 5.82 Å². The molecule has 1 aromatic carbocycles. The summed E-state index contributed by atoms with van der Waals surface area (Å²) in [6, 6.07) is 12.6. The van der Waals surface area contributed by atoms with Gasteiger partial charge >= 0.3 is 0 Å². The molecule has 1 N–H and O–H groups in total. The minimum absolute atomic E-state index is 0.287. The summed E-state index contributed by atoms with van der Waals surface area (Å²) in [6.07, 6.45) is 6.07. The van der Waals surface area contributed by atoms with Crippen LogP contribution in [0.4, 0.5) is 5.82 Å². The Hall–Kier alpha value is -2.99. The highest BCUT2D eigenvalue weighted by atomic mass is 16.5. The summed E-state index contributed by atoms with van der Waals surface area (Å²) in [7, 11) is 1.70. The zero-order valence-electron chi connectivity index (χ0n) is 17.9. The van der Waals surface area contributed by atoms with Crippen LogP contribution >= 0.6 is 0 Å². The van der Waals surface area contributed by atoms with Crippen molar-refractivity contribution in [2.24, 2.45) is 0 Å². The summed E-state index contributed by atoms with van der Waals surface area (Å²) in [6.45, 7) is 7.14. The number of hydrogen-bond acceptors (Lipinski definition) is 6. The van der Waals surface area contributed by atoms with Crippen LogP contribution in [0.15, 0.2) is 48.8 Å². The molecule has 0 spiro atoms. The summed E-state index contributed by atoms with van der Waals surface area (Å²) in [5, 5.41) is 3.62. The first-order valence-corrected chi connectivity index (χ1v) is 10.5. The molecule has 1 unspecified atom stereocenters. The lowest BCUT2D eigenvalue weighted by atomic mass is 10.0. The van der Waals surface area contributed by atoms with Crippen LogP contribution in [0.2, 0.25) is 0 Å². The van der Waals surface area contributed by atoms with E-state index < -0.39 is 0 Å². The van der Waals surface area contributed by atoms with Gasteiger partial charge in [-0.25, -0.2) is 9.97 Å². The number of anilines is 1. The standard InChI is InChI=1S/C24H29N5O/c1-17-18(2)27-24(20-7-6-12-25-15-20)28-23(17)26-16-22(29-13-4-5-14-29)19-8-10-21(30-3)11-9-19/h6-12,15,22H,4-5,13-14,16H2,1-3H3,(H,26,27,28). The number of likely N-dealkylation sites (tertiary alicyclic amines) is 1. The Morgan fingerprint density at radius 3 is 2.50 bits per heavy atom. The number of aryl methyl sites for hydroxylation is 1. The fourth-order valence-electron chi connectivity index (χ4n) is 3.96. The van der Waals surface area contributed by atoms with Gasteiger partial charge in [-0.1, -0.05) is 12.1 Å². The van der Waals surface area contributed by atoms with Crippen molar-refractivity contribution in [3.05, 3.63) is 65.6 Å². The van der Waals surface area contributed by atoms with E-state index in [1.165, 1.54) is 18.4 Å². The van der Waals surface area contributed by atoms with Crippen LogP contribution in [0.5, 0.6) is 5.75 Å². The third-order valence-electron chi connectivity index (χ3n) is 5.85. The zero-order chi connectivity index (χ0) is 20.9. The second-order valence-electron chi connectivity index (χ2n) is 7.76. The average molecular weight is 404 g/mol. The van der Waals surface area contributed by atoms with Crippen LogP contribution in [-0.2, 0) is 0 Å². The van der Waals surface area contributed by atoms with Crippen molar-refractivity contribution in [1.82, 2.24) is 19.9 Å². The summed E-state index contributed by atoms with van der Waals surface area (Å²) in [5.74, 6) is 2.48. The fraction of sp³-hybridized carbons (Fsp3) is 0.375. The number of benzene rings is 1. The molecule has 1 aliphatic heterocycles. The number of hydrogen-bond donors (Lipinski definition) is 1. The van der Waals surface area contributed by atoms with E-state index in [2.05, 4.69) is 39.2 Å². The van der Waals surface area contributed by atoms with Crippen molar-refractivity contribution in [2.75, 3.05) is 32.1 Å². The van der Waals surface area contributed by atoms with Gasteiger partial charge in [0.1, 0.15) is 11.6 Å². The number of methoxy groups -OCH3 is 1. The van der Waals surface area contributed by atoms with Gasteiger partial charge in [0.25, 0.3) is 0 Å². The maximum absolute atomic E-state index is 5.34. The van der Waals surface area contributed by atoms with E-state index >= 15 is 0 Å². The molecular formula is C24H29N5O. The van der Waals surface area contributed by atoms with Gasteiger partial charge in [-0.3, -0.25) is 9.88 Å². The van der Waals surface area contributed by atoms with Gasteiger partial charge in [-0.15, -0.1) is 0 Å². The highest BCUT2D eigenvalue weighted by molar-refractivity contribution is 5.58. The molecule has 3 aromatic rings. The maximum atomic E-state index is 5.34. The van der Waals surface area contributed by atoms with Gasteiger partial charge in [0.05, 0.1) is 13.2 Å². The number of pyridine rings is 1. The van der Waals surface area contributed by atoms with Crippen molar-refractivity contribution < 1.29 is 4.74 Å². The molecule has 6 heteroatoms. The van der Waals surface area contributed by atoms with E-state index in [1.807, 2.05) is 31.2 Å². The molecule has 1 atom stereocenters. The van der Waals surface area contributed by atoms with Gasteiger partial charge in [-0.2, -0.15) is 0 Å². The summed E-state index contributed by atoms with van der Waals surface area (Å²) >= 11 is 0. The lowest BCUT2D eigenvalue weighted by molar-refractivity contribution is 0.255. The highest BCUT2D eigenvalue weighted by Gasteiger charge is 2.24. The smallest absolute Gasteiger partial charge is 0.163 e.